The minimum atomic E-state index is -0.379. The molecule has 1 aliphatic rings. The van der Waals surface area contributed by atoms with Gasteiger partial charge in [-0.25, -0.2) is 4.79 Å². The average Bonchev–Trinajstić information content (AvgIpc) is 3.28. The van der Waals surface area contributed by atoms with E-state index in [9.17, 15) is 14.7 Å². The predicted molar refractivity (Wildman–Crippen MR) is 127 cm³/mol. The molecule has 2 aromatic carbocycles. The number of hydrogen-bond acceptors (Lipinski definition) is 9. The summed E-state index contributed by atoms with van der Waals surface area (Å²) in [5, 5.41) is 15.5. The zero-order chi connectivity index (χ0) is 24.8. The van der Waals surface area contributed by atoms with Gasteiger partial charge >= 0.3 is 11.9 Å². The molecule has 0 bridgehead atoms. The first-order chi connectivity index (χ1) is 17.0. The van der Waals surface area contributed by atoms with Gasteiger partial charge < -0.3 is 23.8 Å². The van der Waals surface area contributed by atoms with Crippen LogP contribution in [0.2, 0.25) is 0 Å². The van der Waals surface area contributed by atoms with Crippen LogP contribution in [0.1, 0.15) is 48.3 Å². The Balaban J connectivity index is 1.45. The van der Waals surface area contributed by atoms with Crippen LogP contribution in [0.5, 0.6) is 11.5 Å². The lowest BCUT2D eigenvalue weighted by molar-refractivity contribution is -0.150. The lowest BCUT2D eigenvalue weighted by Crippen LogP contribution is -2.38. The van der Waals surface area contributed by atoms with Crippen molar-refractivity contribution in [2.45, 2.75) is 39.8 Å². The molecule has 9 heteroatoms. The Hall–Kier alpha value is -3.59. The highest BCUT2D eigenvalue weighted by Crippen LogP contribution is 2.32. The third-order valence-corrected chi connectivity index (χ3v) is 6.04. The van der Waals surface area contributed by atoms with Crippen molar-refractivity contribution in [1.82, 2.24) is 10.1 Å². The van der Waals surface area contributed by atoms with Gasteiger partial charge in [-0.2, -0.15) is 0 Å². The Morgan fingerprint density at radius 3 is 2.63 bits per heavy atom. The number of phenolic OH excluding ortho intramolecular Hbond substituents is 1. The van der Waals surface area contributed by atoms with Crippen molar-refractivity contribution in [1.29, 1.82) is 0 Å². The van der Waals surface area contributed by atoms with E-state index in [0.29, 0.717) is 54.5 Å². The summed E-state index contributed by atoms with van der Waals surface area (Å²) in [7, 11) is 0. The lowest BCUT2D eigenvalue weighted by atomic mass is 9.97. The number of benzene rings is 2. The van der Waals surface area contributed by atoms with Gasteiger partial charge in [-0.1, -0.05) is 5.16 Å². The summed E-state index contributed by atoms with van der Waals surface area (Å²) in [6.45, 7) is 6.23. The van der Waals surface area contributed by atoms with Crippen LogP contribution < -0.4 is 4.74 Å². The topological polar surface area (TPSA) is 111 Å². The van der Waals surface area contributed by atoms with Gasteiger partial charge in [0.15, 0.2) is 5.58 Å². The first kappa shape index (κ1) is 24.5. The maximum atomic E-state index is 12.2. The summed E-state index contributed by atoms with van der Waals surface area (Å²) in [5.41, 5.74) is 2.18. The van der Waals surface area contributed by atoms with E-state index in [-0.39, 0.29) is 30.2 Å². The van der Waals surface area contributed by atoms with Gasteiger partial charge in [0.05, 0.1) is 30.3 Å². The van der Waals surface area contributed by atoms with E-state index in [1.807, 2.05) is 0 Å². The third-order valence-electron chi connectivity index (χ3n) is 6.04. The van der Waals surface area contributed by atoms with Gasteiger partial charge in [0.25, 0.3) is 0 Å². The SMILES string of the molecule is CCOC(=O)c1ccc(OCc2noc3c(CN4CCCC(C(=O)OCC)C4)c(O)ccc23)cc1. The molecule has 1 aliphatic heterocycles. The summed E-state index contributed by atoms with van der Waals surface area (Å²) in [4.78, 5) is 26.1. The molecule has 1 atom stereocenters. The molecule has 35 heavy (non-hydrogen) atoms. The molecule has 0 spiro atoms. The van der Waals surface area contributed by atoms with Crippen LogP contribution in [0, 0.1) is 5.92 Å². The predicted octanol–water partition coefficient (Wildman–Crippen LogP) is 4.06. The van der Waals surface area contributed by atoms with Crippen LogP contribution in [0.25, 0.3) is 11.0 Å². The van der Waals surface area contributed by atoms with E-state index < -0.39 is 0 Å². The van der Waals surface area contributed by atoms with E-state index in [0.717, 1.165) is 24.8 Å². The zero-order valence-corrected chi connectivity index (χ0v) is 20.0. The average molecular weight is 483 g/mol. The number of esters is 2. The maximum Gasteiger partial charge on any atom is 0.338 e. The second kappa shape index (κ2) is 11.2. The van der Waals surface area contributed by atoms with Gasteiger partial charge in [-0.05, 0) is 69.6 Å². The van der Waals surface area contributed by atoms with Gasteiger partial charge in [0, 0.05) is 18.5 Å². The highest BCUT2D eigenvalue weighted by Gasteiger charge is 2.28. The summed E-state index contributed by atoms with van der Waals surface area (Å²) in [5.74, 6) is -0.0235. The van der Waals surface area contributed by atoms with Crippen molar-refractivity contribution < 1.29 is 33.4 Å². The molecule has 3 aromatic rings. The number of aromatic hydroxyl groups is 1. The largest absolute Gasteiger partial charge is 0.507 e. The van der Waals surface area contributed by atoms with E-state index in [4.69, 9.17) is 18.7 Å². The van der Waals surface area contributed by atoms with Crippen LogP contribution >= 0.6 is 0 Å². The zero-order valence-electron chi connectivity index (χ0n) is 20.0. The number of hydrogen-bond donors (Lipinski definition) is 1. The van der Waals surface area contributed by atoms with Crippen LogP contribution in [-0.4, -0.2) is 53.4 Å². The molecule has 0 aliphatic carbocycles. The summed E-state index contributed by atoms with van der Waals surface area (Å²) in [6.07, 6.45) is 1.68. The Morgan fingerprint density at radius 1 is 1.11 bits per heavy atom. The molecule has 186 valence electrons. The molecule has 1 aromatic heterocycles. The van der Waals surface area contributed by atoms with Crippen LogP contribution in [0.15, 0.2) is 40.9 Å². The van der Waals surface area contributed by atoms with Crippen molar-refractivity contribution in [2.24, 2.45) is 5.92 Å². The molecule has 1 N–H and O–H groups in total. The highest BCUT2D eigenvalue weighted by atomic mass is 16.5. The van der Waals surface area contributed by atoms with Gasteiger partial charge in [0.2, 0.25) is 0 Å². The summed E-state index contributed by atoms with van der Waals surface area (Å²) >= 11 is 0. The van der Waals surface area contributed by atoms with Crippen molar-refractivity contribution in [3.05, 3.63) is 53.2 Å². The van der Waals surface area contributed by atoms with Crippen molar-refractivity contribution >= 4 is 22.9 Å². The Bertz CT molecular complexity index is 1170. The second-order valence-electron chi connectivity index (χ2n) is 8.43. The number of nitrogens with zero attached hydrogens (tertiary/aromatic N) is 2. The maximum absolute atomic E-state index is 12.2. The second-order valence-corrected chi connectivity index (χ2v) is 8.43. The van der Waals surface area contributed by atoms with Crippen LogP contribution in [0.4, 0.5) is 0 Å². The molecule has 4 rings (SSSR count). The number of aromatic nitrogens is 1. The van der Waals surface area contributed by atoms with E-state index >= 15 is 0 Å². The van der Waals surface area contributed by atoms with E-state index in [2.05, 4.69) is 10.1 Å². The number of carbonyl (C=O) groups is 2. The minimum Gasteiger partial charge on any atom is -0.507 e. The Kier molecular flexibility index (Phi) is 7.87. The summed E-state index contributed by atoms with van der Waals surface area (Å²) in [6, 6.07) is 10.1. The standard InChI is InChI=1S/C26H30N2O7/c1-3-32-25(30)17-7-9-19(10-8-17)34-16-22-20-11-12-23(29)21(24(20)35-27-22)15-28-13-5-6-18(14-28)26(31)33-4-2/h7-12,18,29H,3-6,13-16H2,1-2H3. The molecular weight excluding hydrogens is 452 g/mol. The molecule has 1 fully saturated rings. The Morgan fingerprint density at radius 2 is 1.89 bits per heavy atom. The van der Waals surface area contributed by atoms with E-state index in [1.165, 1.54) is 0 Å². The van der Waals surface area contributed by atoms with Gasteiger partial charge in [-0.3, -0.25) is 9.69 Å². The number of likely N-dealkylation sites (tertiary alicyclic amines) is 1. The van der Waals surface area contributed by atoms with Gasteiger partial charge in [0.1, 0.15) is 23.8 Å². The number of rotatable bonds is 9. The number of piperidine rings is 1. The normalized spacial score (nSPS) is 16.2. The summed E-state index contributed by atoms with van der Waals surface area (Å²) < 4.78 is 21.6. The number of phenols is 1. The molecule has 1 unspecified atom stereocenters. The highest BCUT2D eigenvalue weighted by molar-refractivity contribution is 5.89. The van der Waals surface area contributed by atoms with Crippen molar-refractivity contribution in [3.63, 3.8) is 0 Å². The number of ether oxygens (including phenoxy) is 3. The monoisotopic (exact) mass is 482 g/mol. The molecule has 0 amide bonds. The molecule has 0 radical (unpaired) electrons. The minimum absolute atomic E-state index is 0.119. The fraction of sp³-hybridized carbons (Fsp3) is 0.423. The number of carbonyl (C=O) groups excluding carboxylic acids is 2. The number of fused-ring (bicyclic) bond motifs is 1. The molecule has 9 nitrogen and oxygen atoms in total. The first-order valence-corrected chi connectivity index (χ1v) is 11.9. The quantitative estimate of drug-likeness (QED) is 0.451. The smallest absolute Gasteiger partial charge is 0.338 e. The first-order valence-electron chi connectivity index (χ1n) is 11.9. The third kappa shape index (κ3) is 5.74. The van der Waals surface area contributed by atoms with Crippen LogP contribution in [-0.2, 0) is 27.4 Å². The molecular formula is C26H30N2O7. The molecule has 2 heterocycles. The lowest BCUT2D eigenvalue weighted by Gasteiger charge is -2.31. The van der Waals surface area contributed by atoms with Crippen molar-refractivity contribution in [3.8, 4) is 11.5 Å². The fourth-order valence-electron chi connectivity index (χ4n) is 4.28. The molecule has 0 saturated carbocycles. The molecule has 1 saturated heterocycles. The Labute approximate surface area is 203 Å². The van der Waals surface area contributed by atoms with E-state index in [1.54, 1.807) is 50.2 Å². The fourth-order valence-corrected chi connectivity index (χ4v) is 4.28. The van der Waals surface area contributed by atoms with Crippen LogP contribution in [0.3, 0.4) is 0 Å². The van der Waals surface area contributed by atoms with Crippen molar-refractivity contribution in [2.75, 3.05) is 26.3 Å². The van der Waals surface area contributed by atoms with Gasteiger partial charge in [-0.15, -0.1) is 0 Å².